The van der Waals surface area contributed by atoms with Crippen LogP contribution >= 0.6 is 11.8 Å². The van der Waals surface area contributed by atoms with E-state index in [1.54, 1.807) is 17.8 Å². The minimum absolute atomic E-state index is 0.0503. The zero-order valence-corrected chi connectivity index (χ0v) is 11.8. The Morgan fingerprint density at radius 1 is 1.05 bits per heavy atom. The lowest BCUT2D eigenvalue weighted by Gasteiger charge is -2.09. The van der Waals surface area contributed by atoms with Gasteiger partial charge in [-0.3, -0.25) is 4.79 Å². The van der Waals surface area contributed by atoms with Gasteiger partial charge in [0, 0.05) is 17.4 Å². The molecule has 0 unspecified atom stereocenters. The molecule has 0 amide bonds. The fourth-order valence-electron chi connectivity index (χ4n) is 2.18. The summed E-state index contributed by atoms with van der Waals surface area (Å²) in [6.07, 6.45) is 1.70. The number of thioether (sulfide) groups is 1. The van der Waals surface area contributed by atoms with Gasteiger partial charge in [-0.2, -0.15) is 0 Å². The third kappa shape index (κ3) is 2.94. The van der Waals surface area contributed by atoms with Gasteiger partial charge in [-0.05, 0) is 5.56 Å². The molecule has 0 radical (unpaired) electrons. The molecule has 1 fully saturated rings. The number of carbonyl (C=O) groups is 1. The second kappa shape index (κ2) is 5.97. The van der Waals surface area contributed by atoms with Crippen LogP contribution in [0.4, 0.5) is 0 Å². The molecule has 2 aromatic rings. The van der Waals surface area contributed by atoms with E-state index in [9.17, 15) is 4.79 Å². The van der Waals surface area contributed by atoms with Gasteiger partial charge in [-0.1, -0.05) is 60.7 Å². The summed E-state index contributed by atoms with van der Waals surface area (Å²) in [4.78, 5) is 12.1. The van der Waals surface area contributed by atoms with Gasteiger partial charge in [0.2, 0.25) is 0 Å². The van der Waals surface area contributed by atoms with E-state index < -0.39 is 0 Å². The van der Waals surface area contributed by atoms with Gasteiger partial charge in [0.15, 0.2) is 5.78 Å². The van der Waals surface area contributed by atoms with Crippen molar-refractivity contribution in [3.8, 4) is 0 Å². The average Bonchev–Trinajstić information content (AvgIpc) is 2.97. The van der Waals surface area contributed by atoms with Crippen LogP contribution in [0.5, 0.6) is 0 Å². The number of allylic oxidation sites excluding steroid dienone is 1. The lowest BCUT2D eigenvalue weighted by Crippen LogP contribution is -2.14. The summed E-state index contributed by atoms with van der Waals surface area (Å²) < 4.78 is 0. The fourth-order valence-corrected chi connectivity index (χ4v) is 3.22. The molecule has 0 bridgehead atoms. The average molecular weight is 281 g/mol. The molecule has 1 saturated heterocycles. The first-order chi connectivity index (χ1) is 9.83. The normalized spacial score (nSPS) is 19.8. The third-order valence-corrected chi connectivity index (χ3v) is 4.29. The lowest BCUT2D eigenvalue weighted by molar-refractivity contribution is 0.104. The largest absolute Gasteiger partial charge is 0.372 e. The van der Waals surface area contributed by atoms with E-state index >= 15 is 0 Å². The second-order valence-corrected chi connectivity index (χ2v) is 5.72. The standard InChI is InChI=1S/C17H15NOS/c19-16(14-9-5-2-6-10-14)11-17-18-15(12-20-17)13-7-3-1-4-8-13/h1-11,15,18H,12H2/b17-11-/t15-/m1/s1. The molecule has 3 rings (SSSR count). The van der Waals surface area contributed by atoms with E-state index in [0.29, 0.717) is 0 Å². The van der Waals surface area contributed by atoms with Crippen LogP contribution in [-0.2, 0) is 0 Å². The summed E-state index contributed by atoms with van der Waals surface area (Å²) in [6, 6.07) is 20.0. The number of rotatable bonds is 3. The summed E-state index contributed by atoms with van der Waals surface area (Å²) in [5.74, 6) is 1.01. The molecular weight excluding hydrogens is 266 g/mol. The molecular formula is C17H15NOS. The second-order valence-electron chi connectivity index (χ2n) is 4.66. The molecule has 3 heteroatoms. The number of hydrogen-bond donors (Lipinski definition) is 1. The zero-order valence-electron chi connectivity index (χ0n) is 11.0. The van der Waals surface area contributed by atoms with E-state index in [0.717, 1.165) is 16.3 Å². The summed E-state index contributed by atoms with van der Waals surface area (Å²) >= 11 is 1.70. The first-order valence-corrected chi connectivity index (χ1v) is 7.57. The van der Waals surface area contributed by atoms with Crippen molar-refractivity contribution in [2.45, 2.75) is 6.04 Å². The maximum atomic E-state index is 12.1. The van der Waals surface area contributed by atoms with E-state index in [1.807, 2.05) is 48.5 Å². The summed E-state index contributed by atoms with van der Waals surface area (Å²) in [7, 11) is 0. The number of hydrogen-bond acceptors (Lipinski definition) is 3. The predicted octanol–water partition coefficient (Wildman–Crippen LogP) is 3.79. The number of carbonyl (C=O) groups excluding carboxylic acids is 1. The van der Waals surface area contributed by atoms with Gasteiger partial charge in [-0.15, -0.1) is 11.8 Å². The minimum Gasteiger partial charge on any atom is -0.372 e. The molecule has 2 nitrogen and oxygen atoms in total. The Labute approximate surface area is 122 Å². The van der Waals surface area contributed by atoms with Crippen LogP contribution in [0.15, 0.2) is 71.8 Å². The van der Waals surface area contributed by atoms with Crippen molar-refractivity contribution in [2.75, 3.05) is 5.75 Å². The monoisotopic (exact) mass is 281 g/mol. The van der Waals surface area contributed by atoms with Gasteiger partial charge in [-0.25, -0.2) is 0 Å². The predicted molar refractivity (Wildman–Crippen MR) is 83.6 cm³/mol. The Kier molecular flexibility index (Phi) is 3.88. The molecule has 100 valence electrons. The van der Waals surface area contributed by atoms with Crippen LogP contribution in [0.3, 0.4) is 0 Å². The highest BCUT2D eigenvalue weighted by Gasteiger charge is 2.21. The van der Waals surface area contributed by atoms with E-state index in [1.165, 1.54) is 5.56 Å². The first kappa shape index (κ1) is 13.0. The van der Waals surface area contributed by atoms with E-state index in [2.05, 4.69) is 17.4 Å². The Balaban J connectivity index is 1.71. The highest BCUT2D eigenvalue weighted by atomic mass is 32.2. The summed E-state index contributed by atoms with van der Waals surface area (Å²) in [5, 5.41) is 4.36. The Bertz CT molecular complexity index is 622. The summed E-state index contributed by atoms with van der Waals surface area (Å²) in [5.41, 5.74) is 1.99. The highest BCUT2D eigenvalue weighted by Crippen LogP contribution is 2.31. The molecule has 0 spiro atoms. The first-order valence-electron chi connectivity index (χ1n) is 6.58. The third-order valence-electron chi connectivity index (χ3n) is 3.24. The van der Waals surface area contributed by atoms with Crippen LogP contribution in [0, 0.1) is 0 Å². The fraction of sp³-hybridized carbons (Fsp3) is 0.118. The molecule has 20 heavy (non-hydrogen) atoms. The molecule has 1 atom stereocenters. The topological polar surface area (TPSA) is 29.1 Å². The van der Waals surface area contributed by atoms with Crippen molar-refractivity contribution >= 4 is 17.5 Å². The van der Waals surface area contributed by atoms with E-state index in [4.69, 9.17) is 0 Å². The van der Waals surface area contributed by atoms with Crippen LogP contribution in [-0.4, -0.2) is 11.5 Å². The van der Waals surface area contributed by atoms with Gasteiger partial charge in [0.05, 0.1) is 11.1 Å². The molecule has 1 heterocycles. The number of benzene rings is 2. The van der Waals surface area contributed by atoms with Crippen molar-refractivity contribution in [2.24, 2.45) is 0 Å². The Morgan fingerprint density at radius 3 is 2.40 bits per heavy atom. The molecule has 0 aliphatic carbocycles. The SMILES string of the molecule is O=C(/C=C1/N[C@@H](c2ccccc2)CS1)c1ccccc1. The molecule has 0 saturated carbocycles. The van der Waals surface area contributed by atoms with Gasteiger partial charge in [0.1, 0.15) is 0 Å². The smallest absolute Gasteiger partial charge is 0.188 e. The van der Waals surface area contributed by atoms with Crippen molar-refractivity contribution in [1.29, 1.82) is 0 Å². The van der Waals surface area contributed by atoms with Crippen molar-refractivity contribution in [3.05, 3.63) is 82.9 Å². The van der Waals surface area contributed by atoms with Gasteiger partial charge < -0.3 is 5.32 Å². The molecule has 0 aromatic heterocycles. The van der Waals surface area contributed by atoms with E-state index in [-0.39, 0.29) is 11.8 Å². The molecule has 2 aromatic carbocycles. The molecule has 1 aliphatic rings. The zero-order chi connectivity index (χ0) is 13.8. The van der Waals surface area contributed by atoms with Crippen molar-refractivity contribution in [1.82, 2.24) is 5.32 Å². The maximum Gasteiger partial charge on any atom is 0.188 e. The van der Waals surface area contributed by atoms with Crippen LogP contribution < -0.4 is 5.32 Å². The van der Waals surface area contributed by atoms with Crippen molar-refractivity contribution < 1.29 is 4.79 Å². The summed E-state index contributed by atoms with van der Waals surface area (Å²) in [6.45, 7) is 0. The van der Waals surface area contributed by atoms with Crippen LogP contribution in [0.25, 0.3) is 0 Å². The van der Waals surface area contributed by atoms with Gasteiger partial charge >= 0.3 is 0 Å². The maximum absolute atomic E-state index is 12.1. The van der Waals surface area contributed by atoms with Crippen molar-refractivity contribution in [3.63, 3.8) is 0 Å². The molecule has 1 aliphatic heterocycles. The molecule has 1 N–H and O–H groups in total. The quantitative estimate of drug-likeness (QED) is 0.685. The number of nitrogens with one attached hydrogen (secondary N) is 1. The Morgan fingerprint density at radius 2 is 1.70 bits per heavy atom. The van der Waals surface area contributed by atoms with Crippen LogP contribution in [0.2, 0.25) is 0 Å². The number of ketones is 1. The van der Waals surface area contributed by atoms with Crippen LogP contribution in [0.1, 0.15) is 22.0 Å². The Hall–Kier alpha value is -2.00. The minimum atomic E-state index is 0.0503. The lowest BCUT2D eigenvalue weighted by atomic mass is 10.1. The van der Waals surface area contributed by atoms with Gasteiger partial charge in [0.25, 0.3) is 0 Å². The highest BCUT2D eigenvalue weighted by molar-refractivity contribution is 8.03.